The highest BCUT2D eigenvalue weighted by Crippen LogP contribution is 2.27. The van der Waals surface area contributed by atoms with E-state index in [1.54, 1.807) is 13.1 Å². The van der Waals surface area contributed by atoms with Crippen molar-refractivity contribution >= 4 is 28.6 Å². The molecule has 1 fully saturated rings. The van der Waals surface area contributed by atoms with E-state index in [1.807, 2.05) is 37.6 Å². The van der Waals surface area contributed by atoms with Crippen LogP contribution in [-0.2, 0) is 16.1 Å². The average Bonchev–Trinajstić information content (AvgIpc) is 3.33. The van der Waals surface area contributed by atoms with Gasteiger partial charge in [0, 0.05) is 43.5 Å². The monoisotopic (exact) mass is 514 g/mol. The van der Waals surface area contributed by atoms with Crippen LogP contribution in [0.15, 0.2) is 53.2 Å². The standard InChI is InChI=1S/C29H34N6O3/c1-18(2)35-27-25(16-31-35)23(28(36)30-15-24-19(3)13-20(4)32-29(24)37)14-26(33-27)22-7-5-21(6-8-22)17-34-9-11-38-12-10-34/h5-8,13-14,16,18,24H,9-12,15,17H2,1-4H3,(H,30,36). The molecule has 0 aliphatic carbocycles. The molecule has 1 atom stereocenters. The quantitative estimate of drug-likeness (QED) is 0.515. The normalized spacial score (nSPS) is 18.6. The van der Waals surface area contributed by atoms with Crippen molar-refractivity contribution in [2.75, 3.05) is 32.8 Å². The van der Waals surface area contributed by atoms with Gasteiger partial charge in [-0.25, -0.2) is 14.7 Å². The molecule has 0 spiro atoms. The number of fused-ring (bicyclic) bond motifs is 1. The molecular formula is C29H34N6O3. The highest BCUT2D eigenvalue weighted by atomic mass is 16.5. The number of nitrogens with one attached hydrogen (secondary N) is 1. The number of amides is 2. The first-order valence-electron chi connectivity index (χ1n) is 13.1. The van der Waals surface area contributed by atoms with Crippen molar-refractivity contribution in [2.24, 2.45) is 10.9 Å². The fraction of sp³-hybridized carbons (Fsp3) is 0.414. The van der Waals surface area contributed by atoms with E-state index in [1.165, 1.54) is 5.56 Å². The molecule has 0 radical (unpaired) electrons. The topological polar surface area (TPSA) is 102 Å². The van der Waals surface area contributed by atoms with Crippen molar-refractivity contribution in [2.45, 2.75) is 40.3 Å². The molecular weight excluding hydrogens is 480 g/mol. The summed E-state index contributed by atoms with van der Waals surface area (Å²) >= 11 is 0. The van der Waals surface area contributed by atoms with Crippen LogP contribution in [0.5, 0.6) is 0 Å². The first kappa shape index (κ1) is 25.9. The van der Waals surface area contributed by atoms with E-state index in [4.69, 9.17) is 9.72 Å². The fourth-order valence-electron chi connectivity index (χ4n) is 4.98. The molecule has 1 aromatic carbocycles. The van der Waals surface area contributed by atoms with Crippen LogP contribution in [0.1, 0.15) is 49.7 Å². The van der Waals surface area contributed by atoms with Gasteiger partial charge in [-0.2, -0.15) is 5.10 Å². The minimum Gasteiger partial charge on any atom is -0.379 e. The Hall–Kier alpha value is -3.69. The Kier molecular flexibility index (Phi) is 7.49. The Morgan fingerprint density at radius 1 is 1.16 bits per heavy atom. The van der Waals surface area contributed by atoms with Crippen LogP contribution in [0.2, 0.25) is 0 Å². The van der Waals surface area contributed by atoms with Gasteiger partial charge in [0.25, 0.3) is 11.8 Å². The van der Waals surface area contributed by atoms with E-state index in [2.05, 4.69) is 44.6 Å². The lowest BCUT2D eigenvalue weighted by molar-refractivity contribution is -0.120. The summed E-state index contributed by atoms with van der Waals surface area (Å²) in [6.45, 7) is 12.2. The molecule has 4 heterocycles. The first-order valence-corrected chi connectivity index (χ1v) is 13.1. The number of carbonyl (C=O) groups is 2. The van der Waals surface area contributed by atoms with Gasteiger partial charge in [-0.3, -0.25) is 14.5 Å². The van der Waals surface area contributed by atoms with Crippen LogP contribution < -0.4 is 5.32 Å². The zero-order chi connectivity index (χ0) is 26.8. The molecule has 2 aliphatic rings. The Balaban J connectivity index is 1.42. The van der Waals surface area contributed by atoms with Crippen molar-refractivity contribution in [1.29, 1.82) is 0 Å². The van der Waals surface area contributed by atoms with E-state index in [0.29, 0.717) is 28.0 Å². The Morgan fingerprint density at radius 2 is 1.89 bits per heavy atom. The van der Waals surface area contributed by atoms with Gasteiger partial charge < -0.3 is 10.1 Å². The number of pyridine rings is 1. The molecule has 1 unspecified atom stereocenters. The third-order valence-corrected chi connectivity index (χ3v) is 7.10. The van der Waals surface area contributed by atoms with Crippen molar-refractivity contribution < 1.29 is 14.3 Å². The predicted molar refractivity (Wildman–Crippen MR) is 147 cm³/mol. The van der Waals surface area contributed by atoms with Crippen molar-refractivity contribution in [3.8, 4) is 11.3 Å². The maximum atomic E-state index is 13.5. The summed E-state index contributed by atoms with van der Waals surface area (Å²) in [5.74, 6) is -0.956. The van der Waals surface area contributed by atoms with Crippen LogP contribution in [-0.4, -0.2) is 70.0 Å². The summed E-state index contributed by atoms with van der Waals surface area (Å²) in [5.41, 5.74) is 5.58. The molecule has 2 aliphatic heterocycles. The summed E-state index contributed by atoms with van der Waals surface area (Å²) in [6, 6.07) is 10.2. The van der Waals surface area contributed by atoms with Gasteiger partial charge in [0.05, 0.1) is 42.0 Å². The summed E-state index contributed by atoms with van der Waals surface area (Å²) in [4.78, 5) is 37.2. The maximum Gasteiger partial charge on any atom is 0.254 e. The van der Waals surface area contributed by atoms with Crippen molar-refractivity contribution in [3.05, 3.63) is 59.3 Å². The Bertz CT molecular complexity index is 1410. The number of carbonyl (C=O) groups excluding carboxylic acids is 2. The van der Waals surface area contributed by atoms with E-state index in [-0.39, 0.29) is 24.4 Å². The minimum atomic E-state index is -0.461. The molecule has 5 rings (SSSR count). The second-order valence-electron chi connectivity index (χ2n) is 10.3. The molecule has 198 valence electrons. The van der Waals surface area contributed by atoms with E-state index in [9.17, 15) is 9.59 Å². The number of hydrogen-bond acceptors (Lipinski definition) is 6. The van der Waals surface area contributed by atoms with Gasteiger partial charge in [-0.05, 0) is 45.4 Å². The number of nitrogens with zero attached hydrogens (tertiary/aromatic N) is 5. The molecule has 3 aromatic rings. The minimum absolute atomic E-state index is 0.0795. The van der Waals surface area contributed by atoms with E-state index in [0.717, 1.165) is 44.0 Å². The van der Waals surface area contributed by atoms with Gasteiger partial charge in [0.1, 0.15) is 0 Å². The summed E-state index contributed by atoms with van der Waals surface area (Å²) < 4.78 is 7.28. The highest BCUT2D eigenvalue weighted by molar-refractivity contribution is 6.08. The number of benzene rings is 1. The molecule has 2 aromatic heterocycles. The fourth-order valence-corrected chi connectivity index (χ4v) is 4.98. The van der Waals surface area contributed by atoms with Crippen LogP contribution in [0.3, 0.4) is 0 Å². The number of aromatic nitrogens is 3. The van der Waals surface area contributed by atoms with Gasteiger partial charge in [-0.15, -0.1) is 0 Å². The largest absolute Gasteiger partial charge is 0.379 e. The smallest absolute Gasteiger partial charge is 0.254 e. The van der Waals surface area contributed by atoms with Crippen molar-refractivity contribution in [3.63, 3.8) is 0 Å². The number of aliphatic imine (C=N–C) groups is 1. The van der Waals surface area contributed by atoms with E-state index < -0.39 is 5.92 Å². The molecule has 38 heavy (non-hydrogen) atoms. The summed E-state index contributed by atoms with van der Waals surface area (Å²) in [7, 11) is 0. The number of morpholine rings is 1. The lowest BCUT2D eigenvalue weighted by Gasteiger charge is -2.26. The number of rotatable bonds is 7. The molecule has 1 saturated heterocycles. The SMILES string of the molecule is CC1=CC(C)=NC(=O)C1CNC(=O)c1cc(-c2ccc(CN3CCOCC3)cc2)nc2c1cnn2C(C)C. The third kappa shape index (κ3) is 5.44. The predicted octanol–water partition coefficient (Wildman–Crippen LogP) is 3.80. The first-order chi connectivity index (χ1) is 18.3. The molecule has 2 amide bonds. The van der Waals surface area contributed by atoms with Crippen LogP contribution in [0.4, 0.5) is 0 Å². The number of ether oxygens (including phenoxy) is 1. The second-order valence-corrected chi connectivity index (χ2v) is 10.3. The van der Waals surface area contributed by atoms with E-state index >= 15 is 0 Å². The summed E-state index contributed by atoms with van der Waals surface area (Å²) in [6.07, 6.45) is 3.58. The van der Waals surface area contributed by atoms with Crippen LogP contribution in [0.25, 0.3) is 22.3 Å². The van der Waals surface area contributed by atoms with Gasteiger partial charge in [0.2, 0.25) is 0 Å². The van der Waals surface area contributed by atoms with Crippen LogP contribution >= 0.6 is 0 Å². The Labute approximate surface area is 222 Å². The molecule has 9 heteroatoms. The highest BCUT2D eigenvalue weighted by Gasteiger charge is 2.25. The summed E-state index contributed by atoms with van der Waals surface area (Å²) in [5, 5.41) is 8.15. The Morgan fingerprint density at radius 3 is 2.58 bits per heavy atom. The molecule has 0 bridgehead atoms. The lowest BCUT2D eigenvalue weighted by Crippen LogP contribution is -2.35. The average molecular weight is 515 g/mol. The molecule has 0 saturated carbocycles. The number of dihydropyridines is 1. The zero-order valence-corrected chi connectivity index (χ0v) is 22.4. The zero-order valence-electron chi connectivity index (χ0n) is 22.4. The van der Waals surface area contributed by atoms with Crippen LogP contribution in [0, 0.1) is 5.92 Å². The number of allylic oxidation sites excluding steroid dienone is 1. The molecule has 1 N–H and O–H groups in total. The molecule has 9 nitrogen and oxygen atoms in total. The lowest BCUT2D eigenvalue weighted by atomic mass is 9.95. The number of hydrogen-bond donors (Lipinski definition) is 1. The third-order valence-electron chi connectivity index (χ3n) is 7.10. The van der Waals surface area contributed by atoms with Gasteiger partial charge in [-0.1, -0.05) is 29.8 Å². The van der Waals surface area contributed by atoms with Gasteiger partial charge in [0.15, 0.2) is 5.65 Å². The van der Waals surface area contributed by atoms with Gasteiger partial charge >= 0.3 is 0 Å². The maximum absolute atomic E-state index is 13.5. The van der Waals surface area contributed by atoms with Crippen molar-refractivity contribution in [1.82, 2.24) is 25.0 Å². The second kappa shape index (κ2) is 11.0.